The maximum absolute atomic E-state index is 11.6. The molecular weight excluding hydrogens is 242 g/mol. The Labute approximate surface area is 114 Å². The zero-order valence-corrected chi connectivity index (χ0v) is 11.4. The number of ether oxygens (including phenoxy) is 1. The highest BCUT2D eigenvalue weighted by Crippen LogP contribution is 2.06. The minimum absolute atomic E-state index is 0.140. The summed E-state index contributed by atoms with van der Waals surface area (Å²) in [6.45, 7) is 2.25. The predicted octanol–water partition coefficient (Wildman–Crippen LogP) is 1.39. The van der Waals surface area contributed by atoms with E-state index in [2.05, 4.69) is 12.2 Å². The van der Waals surface area contributed by atoms with Gasteiger partial charge in [0.05, 0.1) is 19.3 Å². The molecule has 1 aromatic carbocycles. The predicted molar refractivity (Wildman–Crippen MR) is 75.7 cm³/mol. The van der Waals surface area contributed by atoms with Crippen molar-refractivity contribution in [3.05, 3.63) is 41.5 Å². The van der Waals surface area contributed by atoms with Gasteiger partial charge in [-0.05, 0) is 23.6 Å². The second-order valence-electron chi connectivity index (χ2n) is 4.27. The molecule has 1 unspecified atom stereocenters. The van der Waals surface area contributed by atoms with Gasteiger partial charge < -0.3 is 15.2 Å². The average molecular weight is 263 g/mol. The highest BCUT2D eigenvalue weighted by molar-refractivity contribution is 5.91. The van der Waals surface area contributed by atoms with Crippen molar-refractivity contribution < 1.29 is 14.6 Å². The van der Waals surface area contributed by atoms with E-state index in [4.69, 9.17) is 9.84 Å². The third-order valence-corrected chi connectivity index (χ3v) is 2.75. The van der Waals surface area contributed by atoms with Crippen LogP contribution in [0.4, 0.5) is 0 Å². The van der Waals surface area contributed by atoms with Crippen LogP contribution in [0.5, 0.6) is 0 Å². The molecule has 1 rings (SSSR count). The van der Waals surface area contributed by atoms with E-state index in [-0.39, 0.29) is 18.6 Å². The molecule has 0 heterocycles. The van der Waals surface area contributed by atoms with Crippen molar-refractivity contribution in [2.75, 3.05) is 20.3 Å². The van der Waals surface area contributed by atoms with Crippen LogP contribution in [-0.4, -0.2) is 37.4 Å². The number of amides is 1. The molecule has 0 aliphatic rings. The lowest BCUT2D eigenvalue weighted by atomic mass is 10.1. The van der Waals surface area contributed by atoms with Crippen molar-refractivity contribution in [1.29, 1.82) is 0 Å². The van der Waals surface area contributed by atoms with Crippen molar-refractivity contribution in [1.82, 2.24) is 5.32 Å². The summed E-state index contributed by atoms with van der Waals surface area (Å²) in [6.07, 6.45) is 4.20. The Morgan fingerprint density at radius 3 is 2.63 bits per heavy atom. The maximum Gasteiger partial charge on any atom is 0.244 e. The summed E-state index contributed by atoms with van der Waals surface area (Å²) in [6, 6.07) is 7.66. The number of aliphatic hydroxyl groups excluding tert-OH is 1. The van der Waals surface area contributed by atoms with Crippen LogP contribution in [0, 0.1) is 0 Å². The normalized spacial score (nSPS) is 12.6. The molecule has 0 fully saturated rings. The Kier molecular flexibility index (Phi) is 6.85. The maximum atomic E-state index is 11.6. The molecule has 2 N–H and O–H groups in total. The number of hydrogen-bond acceptors (Lipinski definition) is 3. The minimum atomic E-state index is -0.371. The van der Waals surface area contributed by atoms with Crippen molar-refractivity contribution in [3.8, 4) is 0 Å². The highest BCUT2D eigenvalue weighted by atomic mass is 16.5. The smallest absolute Gasteiger partial charge is 0.244 e. The first-order valence-electron chi connectivity index (χ1n) is 6.37. The molecule has 0 radical (unpaired) electrons. The van der Waals surface area contributed by atoms with Crippen molar-refractivity contribution in [2.24, 2.45) is 0 Å². The molecule has 0 bridgehead atoms. The van der Waals surface area contributed by atoms with E-state index >= 15 is 0 Å². The summed E-state index contributed by atoms with van der Waals surface area (Å²) in [5.74, 6) is -0.240. The van der Waals surface area contributed by atoms with Gasteiger partial charge in [0.1, 0.15) is 0 Å². The Hall–Kier alpha value is -1.65. The van der Waals surface area contributed by atoms with E-state index in [0.717, 1.165) is 12.0 Å². The lowest BCUT2D eigenvalue weighted by Gasteiger charge is -2.13. The van der Waals surface area contributed by atoms with Gasteiger partial charge >= 0.3 is 0 Å². The summed E-state index contributed by atoms with van der Waals surface area (Å²) in [5.41, 5.74) is 2.24. The van der Waals surface area contributed by atoms with Crippen LogP contribution in [0.2, 0.25) is 0 Å². The molecule has 0 spiro atoms. The molecule has 4 heteroatoms. The van der Waals surface area contributed by atoms with Crippen LogP contribution in [0.15, 0.2) is 30.3 Å². The summed E-state index contributed by atoms with van der Waals surface area (Å²) in [4.78, 5) is 11.6. The van der Waals surface area contributed by atoms with Crippen LogP contribution in [0.25, 0.3) is 6.08 Å². The topological polar surface area (TPSA) is 58.6 Å². The number of aryl methyl sites for hydroxylation is 1. The van der Waals surface area contributed by atoms with Crippen molar-refractivity contribution >= 4 is 12.0 Å². The molecule has 1 amide bonds. The zero-order chi connectivity index (χ0) is 14.1. The Morgan fingerprint density at radius 1 is 1.42 bits per heavy atom. The third kappa shape index (κ3) is 5.68. The van der Waals surface area contributed by atoms with Crippen LogP contribution in [-0.2, 0) is 16.0 Å². The van der Waals surface area contributed by atoms with Gasteiger partial charge in [0.2, 0.25) is 5.91 Å². The van der Waals surface area contributed by atoms with Gasteiger partial charge in [-0.15, -0.1) is 0 Å². The van der Waals surface area contributed by atoms with E-state index in [1.165, 1.54) is 18.7 Å². The number of methoxy groups -OCH3 is 1. The fourth-order valence-electron chi connectivity index (χ4n) is 1.63. The van der Waals surface area contributed by atoms with Gasteiger partial charge in [-0.2, -0.15) is 0 Å². The number of hydrogen-bond donors (Lipinski definition) is 2. The lowest BCUT2D eigenvalue weighted by molar-refractivity contribution is -0.117. The first-order chi connectivity index (χ1) is 9.19. The second-order valence-corrected chi connectivity index (χ2v) is 4.27. The van der Waals surface area contributed by atoms with Crippen molar-refractivity contribution in [3.63, 3.8) is 0 Å². The largest absolute Gasteiger partial charge is 0.394 e. The van der Waals surface area contributed by atoms with E-state index in [9.17, 15) is 4.79 Å². The lowest BCUT2D eigenvalue weighted by Crippen LogP contribution is -2.39. The monoisotopic (exact) mass is 263 g/mol. The number of carbonyl (C=O) groups is 1. The second kappa shape index (κ2) is 8.45. The third-order valence-electron chi connectivity index (χ3n) is 2.75. The molecule has 4 nitrogen and oxygen atoms in total. The standard InChI is InChI=1S/C15H21NO3/c1-3-12-4-6-13(7-5-12)8-9-15(18)16-14(10-17)11-19-2/h4-9,14,17H,3,10-11H2,1-2H3,(H,16,18)/b9-8+. The van der Waals surface area contributed by atoms with Gasteiger partial charge in [0.15, 0.2) is 0 Å². The molecule has 0 aliphatic heterocycles. The van der Waals surface area contributed by atoms with Gasteiger partial charge in [0.25, 0.3) is 0 Å². The average Bonchev–Trinajstić information content (AvgIpc) is 2.45. The molecule has 1 aromatic rings. The van der Waals surface area contributed by atoms with Crippen LogP contribution < -0.4 is 5.32 Å². The number of nitrogens with one attached hydrogen (secondary N) is 1. The fraction of sp³-hybridized carbons (Fsp3) is 0.400. The van der Waals surface area contributed by atoms with E-state index in [1.54, 1.807) is 6.08 Å². The van der Waals surface area contributed by atoms with E-state index in [1.807, 2.05) is 24.3 Å². The molecule has 19 heavy (non-hydrogen) atoms. The summed E-state index contributed by atoms with van der Waals surface area (Å²) in [7, 11) is 1.53. The number of rotatable bonds is 7. The van der Waals surface area contributed by atoms with E-state index in [0.29, 0.717) is 6.61 Å². The molecule has 1 atom stereocenters. The SMILES string of the molecule is CCc1ccc(/C=C/C(=O)NC(CO)COC)cc1. The van der Waals surface area contributed by atoms with Gasteiger partial charge in [-0.1, -0.05) is 31.2 Å². The van der Waals surface area contributed by atoms with Crippen LogP contribution in [0.3, 0.4) is 0 Å². The van der Waals surface area contributed by atoms with E-state index < -0.39 is 0 Å². The van der Waals surface area contributed by atoms with Crippen molar-refractivity contribution in [2.45, 2.75) is 19.4 Å². The number of carbonyl (C=O) groups excluding carboxylic acids is 1. The van der Waals surface area contributed by atoms with Gasteiger partial charge in [-0.3, -0.25) is 4.79 Å². The van der Waals surface area contributed by atoms with Gasteiger partial charge in [0, 0.05) is 13.2 Å². The molecule has 104 valence electrons. The Morgan fingerprint density at radius 2 is 2.11 bits per heavy atom. The number of aliphatic hydroxyl groups is 1. The molecule has 0 saturated carbocycles. The molecular formula is C15H21NO3. The molecule has 0 aromatic heterocycles. The number of benzene rings is 1. The van der Waals surface area contributed by atoms with Gasteiger partial charge in [-0.25, -0.2) is 0 Å². The zero-order valence-electron chi connectivity index (χ0n) is 11.4. The summed E-state index contributed by atoms with van der Waals surface area (Å²) in [5, 5.41) is 11.7. The summed E-state index contributed by atoms with van der Waals surface area (Å²) < 4.78 is 4.89. The summed E-state index contributed by atoms with van der Waals surface area (Å²) >= 11 is 0. The quantitative estimate of drug-likeness (QED) is 0.731. The Balaban J connectivity index is 2.52. The molecule has 0 saturated heterocycles. The fourth-order valence-corrected chi connectivity index (χ4v) is 1.63. The Bertz CT molecular complexity index is 412. The minimum Gasteiger partial charge on any atom is -0.394 e. The van der Waals surface area contributed by atoms with Crippen LogP contribution in [0.1, 0.15) is 18.1 Å². The first kappa shape index (κ1) is 15.4. The van der Waals surface area contributed by atoms with Crippen LogP contribution >= 0.6 is 0 Å². The first-order valence-corrected chi connectivity index (χ1v) is 6.37. The highest BCUT2D eigenvalue weighted by Gasteiger charge is 2.08. The molecule has 0 aliphatic carbocycles.